The van der Waals surface area contributed by atoms with E-state index in [2.05, 4.69) is 37.3 Å². The van der Waals surface area contributed by atoms with Crippen LogP contribution in [0.4, 0.5) is 5.69 Å². The summed E-state index contributed by atoms with van der Waals surface area (Å²) in [6.45, 7) is 0.555. The Morgan fingerprint density at radius 2 is 1.21 bits per heavy atom. The molecule has 0 bridgehead atoms. The molecule has 1 aliphatic carbocycles. The van der Waals surface area contributed by atoms with E-state index in [1.165, 1.54) is 37.5 Å². The van der Waals surface area contributed by atoms with Gasteiger partial charge in [0.2, 0.25) is 11.8 Å². The van der Waals surface area contributed by atoms with Crippen molar-refractivity contribution in [2.75, 3.05) is 19.0 Å². The molecular weight excluding hydrogens is 747 g/mol. The maximum Gasteiger partial charge on any atom is 0.437 e. The van der Waals surface area contributed by atoms with E-state index in [0.29, 0.717) is 48.3 Å². The summed E-state index contributed by atoms with van der Waals surface area (Å²) in [4.78, 5) is 71.2. The number of rotatable bonds is 13. The smallest absolute Gasteiger partial charge is 0.390 e. The quantitative estimate of drug-likeness (QED) is 0.164. The van der Waals surface area contributed by atoms with Crippen molar-refractivity contribution in [3.05, 3.63) is 144 Å². The van der Waals surface area contributed by atoms with Crippen LogP contribution in [0.25, 0.3) is 22.3 Å². The van der Waals surface area contributed by atoms with E-state index >= 15 is 0 Å². The van der Waals surface area contributed by atoms with Crippen LogP contribution in [0.1, 0.15) is 52.6 Å². The van der Waals surface area contributed by atoms with Gasteiger partial charge in [-0.1, -0.05) is 36.4 Å². The third kappa shape index (κ3) is 6.83. The second kappa shape index (κ2) is 14.4. The number of imidazole rings is 2. The monoisotopic (exact) mass is 785 g/mol. The summed E-state index contributed by atoms with van der Waals surface area (Å²) in [5.41, 5.74) is 5.12. The van der Waals surface area contributed by atoms with Gasteiger partial charge in [0.15, 0.2) is 22.3 Å². The number of aromatic nitrogens is 12. The van der Waals surface area contributed by atoms with Crippen molar-refractivity contribution in [3.8, 4) is 0 Å². The minimum atomic E-state index is -0.602. The molecule has 9 rings (SSSR count). The van der Waals surface area contributed by atoms with Crippen molar-refractivity contribution in [1.29, 1.82) is 0 Å². The Morgan fingerprint density at radius 3 is 1.79 bits per heavy atom. The minimum Gasteiger partial charge on any atom is -0.390 e. The fraction of sp³-hybridized carbons (Fsp3) is 0.333. The van der Waals surface area contributed by atoms with Crippen LogP contribution in [0.3, 0.4) is 0 Å². The van der Waals surface area contributed by atoms with Gasteiger partial charge in [-0.3, -0.25) is 18.7 Å². The molecule has 1 saturated carbocycles. The van der Waals surface area contributed by atoms with E-state index in [-0.39, 0.29) is 47.8 Å². The summed E-state index contributed by atoms with van der Waals surface area (Å²) in [7, 11) is 7.49. The van der Waals surface area contributed by atoms with Crippen molar-refractivity contribution in [2.45, 2.75) is 57.3 Å². The van der Waals surface area contributed by atoms with Crippen molar-refractivity contribution < 1.29 is 8.83 Å². The Morgan fingerprint density at radius 1 is 0.672 bits per heavy atom. The first-order chi connectivity index (χ1) is 28.0. The van der Waals surface area contributed by atoms with Gasteiger partial charge in [0.1, 0.15) is 31.6 Å². The molecule has 19 heteroatoms. The van der Waals surface area contributed by atoms with Gasteiger partial charge in [-0.25, -0.2) is 29.5 Å². The Labute approximate surface area is 328 Å². The van der Waals surface area contributed by atoms with Gasteiger partial charge in [0.05, 0.1) is 19.4 Å². The minimum absolute atomic E-state index is 0.0372. The van der Waals surface area contributed by atoms with Gasteiger partial charge in [-0.05, 0) is 54.0 Å². The average Bonchev–Trinajstić information content (AvgIpc) is 3.38. The van der Waals surface area contributed by atoms with Crippen LogP contribution in [0, 0.1) is 0 Å². The van der Waals surface area contributed by atoms with Crippen LogP contribution >= 0.6 is 0 Å². The van der Waals surface area contributed by atoms with Gasteiger partial charge in [0.25, 0.3) is 11.1 Å². The van der Waals surface area contributed by atoms with Crippen LogP contribution in [-0.2, 0) is 53.1 Å². The highest BCUT2D eigenvalue weighted by Gasteiger charge is 2.43. The Bertz CT molecular complexity index is 3050. The van der Waals surface area contributed by atoms with Crippen LogP contribution in [0.2, 0.25) is 0 Å². The van der Waals surface area contributed by atoms with Crippen molar-refractivity contribution in [3.63, 3.8) is 0 Å². The highest BCUT2D eigenvalue weighted by Crippen LogP contribution is 2.54. The Balaban J connectivity index is 0.824. The summed E-state index contributed by atoms with van der Waals surface area (Å²) in [5.74, 6) is 0.153. The van der Waals surface area contributed by atoms with Crippen LogP contribution in [0.5, 0.6) is 0 Å². The normalized spacial score (nSPS) is 15.2. The summed E-state index contributed by atoms with van der Waals surface area (Å²) in [6.07, 6.45) is 6.30. The summed E-state index contributed by atoms with van der Waals surface area (Å²) < 4.78 is 19.4. The molecule has 6 heterocycles. The SMILES string of the molecule is CN(C)c1ccc(CCn2nc(Cn3cnc4nc(C5CC5c5ccc(CCn6nc(Cn7cnc8ncn(C)c8c7=O)oc6=O)cc5)n(C)c4c3=O)oc2=O)cc1. The third-order valence-corrected chi connectivity index (χ3v) is 10.7. The topological polar surface area (TPSA) is 205 Å². The predicted octanol–water partition coefficient (Wildman–Crippen LogP) is 1.79. The molecule has 0 radical (unpaired) electrons. The molecule has 0 aliphatic heterocycles. The zero-order valence-electron chi connectivity index (χ0n) is 32.2. The van der Waals surface area contributed by atoms with E-state index in [0.717, 1.165) is 34.6 Å². The second-order valence-electron chi connectivity index (χ2n) is 14.8. The zero-order chi connectivity index (χ0) is 40.2. The largest absolute Gasteiger partial charge is 0.437 e. The number of anilines is 1. The van der Waals surface area contributed by atoms with Gasteiger partial charge in [0, 0.05) is 39.8 Å². The van der Waals surface area contributed by atoms with Crippen molar-refractivity contribution in [1.82, 2.24) is 57.8 Å². The number of nitrogens with zero attached hydrogens (tertiary/aromatic N) is 13. The molecule has 0 N–H and O–H groups in total. The van der Waals surface area contributed by atoms with Crippen LogP contribution < -0.4 is 27.5 Å². The molecule has 19 nitrogen and oxygen atoms in total. The Kier molecular flexibility index (Phi) is 9.05. The van der Waals surface area contributed by atoms with Gasteiger partial charge >= 0.3 is 11.5 Å². The maximum atomic E-state index is 13.7. The molecular formula is C39H39N13O6. The number of aryl methyl sites for hydroxylation is 6. The third-order valence-electron chi connectivity index (χ3n) is 10.7. The molecule has 2 unspecified atom stereocenters. The fourth-order valence-corrected chi connectivity index (χ4v) is 7.38. The van der Waals surface area contributed by atoms with Crippen molar-refractivity contribution >= 4 is 28.0 Å². The molecule has 296 valence electrons. The standard InChI is InChI=1S/C39H39N13O6/c1-46(2)26-11-7-24(8-12-26)14-16-52-39(56)58-30(45-52)19-50-22-42-34-32(37(50)54)48(4)35(43-34)28-17-27(28)25-9-5-23(6-10-25)13-15-51-38(55)57-29(44-51)18-49-21-41-33-31(36(49)53)47(3)20-40-33/h5-12,20-22,27-28H,13-19H2,1-4H3. The molecule has 8 aromatic rings. The highest BCUT2D eigenvalue weighted by molar-refractivity contribution is 5.71. The zero-order valence-corrected chi connectivity index (χ0v) is 32.2. The second-order valence-corrected chi connectivity index (χ2v) is 14.8. The predicted molar refractivity (Wildman–Crippen MR) is 210 cm³/mol. The summed E-state index contributed by atoms with van der Waals surface area (Å²) >= 11 is 0. The van der Waals surface area contributed by atoms with Gasteiger partial charge < -0.3 is 22.9 Å². The van der Waals surface area contributed by atoms with Crippen molar-refractivity contribution in [2.24, 2.45) is 14.1 Å². The number of fused-ring (bicyclic) bond motifs is 2. The number of hydrogen-bond donors (Lipinski definition) is 0. The lowest BCUT2D eigenvalue weighted by Gasteiger charge is -2.12. The van der Waals surface area contributed by atoms with E-state index in [1.807, 2.05) is 67.0 Å². The number of benzene rings is 2. The molecule has 0 amide bonds. The average molecular weight is 786 g/mol. The van der Waals surface area contributed by atoms with Gasteiger partial charge in [-0.2, -0.15) is 9.36 Å². The molecule has 6 aromatic heterocycles. The van der Waals surface area contributed by atoms with E-state index in [9.17, 15) is 19.2 Å². The molecule has 58 heavy (non-hydrogen) atoms. The molecule has 1 fully saturated rings. The lowest BCUT2D eigenvalue weighted by Crippen LogP contribution is -2.23. The summed E-state index contributed by atoms with van der Waals surface area (Å²) in [6, 6.07) is 16.3. The first kappa shape index (κ1) is 36.5. The van der Waals surface area contributed by atoms with E-state index in [4.69, 9.17) is 13.8 Å². The molecule has 1 aliphatic rings. The number of hydrogen-bond acceptors (Lipinski definition) is 13. The molecule has 2 atom stereocenters. The van der Waals surface area contributed by atoms with Gasteiger partial charge in [-0.15, -0.1) is 10.2 Å². The van der Waals surface area contributed by atoms with E-state index in [1.54, 1.807) is 11.6 Å². The first-order valence-electron chi connectivity index (χ1n) is 18.8. The summed E-state index contributed by atoms with van der Waals surface area (Å²) in [5, 5.41) is 8.64. The first-order valence-corrected chi connectivity index (χ1v) is 18.8. The molecule has 0 saturated heterocycles. The van der Waals surface area contributed by atoms with E-state index < -0.39 is 11.5 Å². The molecule has 0 spiro atoms. The van der Waals surface area contributed by atoms with Crippen LogP contribution in [0.15, 0.2) is 95.5 Å². The van der Waals surface area contributed by atoms with Crippen LogP contribution in [-0.4, -0.2) is 71.9 Å². The Hall–Kier alpha value is -7.18. The highest BCUT2D eigenvalue weighted by atomic mass is 16.4. The lowest BCUT2D eigenvalue weighted by molar-refractivity contribution is 0.434. The fourth-order valence-electron chi connectivity index (χ4n) is 7.38. The lowest BCUT2D eigenvalue weighted by atomic mass is 10.0. The molecule has 2 aromatic carbocycles. The maximum absolute atomic E-state index is 13.7.